The molecule has 1 saturated carbocycles. The predicted octanol–water partition coefficient (Wildman–Crippen LogP) is 7.16. The Labute approximate surface area is 178 Å². The Morgan fingerprint density at radius 1 is 1.07 bits per heavy atom. The standard InChI is InChI=1S/C26H30FNO2/c1-2-3-4-5-6-19-7-10-21(11-8-19)22-12-14-23(15-13-22)26(29)30-25-16-9-20(18-28)17-24(25)27/h9,12-17,19,21H,2-8,10-11H2,1H3. The third kappa shape index (κ3) is 5.92. The minimum Gasteiger partial charge on any atom is -0.420 e. The number of esters is 1. The summed E-state index contributed by atoms with van der Waals surface area (Å²) in [6.45, 7) is 2.25. The second-order valence-electron chi connectivity index (χ2n) is 8.34. The van der Waals surface area contributed by atoms with Crippen molar-refractivity contribution < 1.29 is 13.9 Å². The molecule has 3 nitrogen and oxygen atoms in total. The number of rotatable bonds is 8. The van der Waals surface area contributed by atoms with Crippen molar-refractivity contribution >= 4 is 5.97 Å². The first-order chi connectivity index (χ1) is 14.6. The number of carbonyl (C=O) groups excluding carboxylic acids is 1. The lowest BCUT2D eigenvalue weighted by Crippen LogP contribution is -2.14. The molecule has 1 aliphatic carbocycles. The zero-order valence-electron chi connectivity index (χ0n) is 17.7. The first-order valence-corrected chi connectivity index (χ1v) is 11.1. The van der Waals surface area contributed by atoms with Crippen molar-refractivity contribution in [2.45, 2.75) is 70.6 Å². The van der Waals surface area contributed by atoms with E-state index >= 15 is 0 Å². The Morgan fingerprint density at radius 3 is 2.43 bits per heavy atom. The van der Waals surface area contributed by atoms with Gasteiger partial charge in [0.1, 0.15) is 0 Å². The second-order valence-corrected chi connectivity index (χ2v) is 8.34. The second kappa shape index (κ2) is 10.9. The van der Waals surface area contributed by atoms with Crippen LogP contribution in [0.5, 0.6) is 5.75 Å². The number of hydrogen-bond acceptors (Lipinski definition) is 3. The Balaban J connectivity index is 1.51. The van der Waals surface area contributed by atoms with E-state index in [4.69, 9.17) is 10.00 Å². The van der Waals surface area contributed by atoms with Gasteiger partial charge in [0.15, 0.2) is 11.6 Å². The number of carbonyl (C=O) groups is 1. The molecule has 0 N–H and O–H groups in total. The molecule has 0 saturated heterocycles. The normalized spacial score (nSPS) is 18.6. The fourth-order valence-corrected chi connectivity index (χ4v) is 4.35. The first-order valence-electron chi connectivity index (χ1n) is 11.1. The van der Waals surface area contributed by atoms with Gasteiger partial charge in [-0.15, -0.1) is 0 Å². The number of unbranched alkanes of at least 4 members (excludes halogenated alkanes) is 3. The summed E-state index contributed by atoms with van der Waals surface area (Å²) in [5, 5.41) is 8.79. The van der Waals surface area contributed by atoms with E-state index in [0.29, 0.717) is 11.5 Å². The SMILES string of the molecule is CCCCCCC1CCC(c2ccc(C(=O)Oc3ccc(C#N)cc3F)cc2)CC1. The topological polar surface area (TPSA) is 50.1 Å². The lowest BCUT2D eigenvalue weighted by molar-refractivity contribution is 0.0728. The van der Waals surface area contributed by atoms with Crippen molar-refractivity contribution in [2.24, 2.45) is 5.92 Å². The van der Waals surface area contributed by atoms with Crippen molar-refractivity contribution in [3.05, 3.63) is 65.0 Å². The Kier molecular flexibility index (Phi) is 8.02. The van der Waals surface area contributed by atoms with E-state index in [0.717, 1.165) is 12.0 Å². The molecule has 30 heavy (non-hydrogen) atoms. The molecule has 0 aromatic heterocycles. The summed E-state index contributed by atoms with van der Waals surface area (Å²) in [6.07, 6.45) is 11.7. The monoisotopic (exact) mass is 407 g/mol. The summed E-state index contributed by atoms with van der Waals surface area (Å²) in [7, 11) is 0. The fourth-order valence-electron chi connectivity index (χ4n) is 4.35. The average Bonchev–Trinajstić information content (AvgIpc) is 2.78. The van der Waals surface area contributed by atoms with E-state index in [1.807, 2.05) is 18.2 Å². The summed E-state index contributed by atoms with van der Waals surface area (Å²) in [5.74, 6) is -0.0561. The highest BCUT2D eigenvalue weighted by Crippen LogP contribution is 2.37. The minimum absolute atomic E-state index is 0.166. The highest BCUT2D eigenvalue weighted by molar-refractivity contribution is 5.91. The van der Waals surface area contributed by atoms with Gasteiger partial charge in [0.25, 0.3) is 0 Å². The maximum atomic E-state index is 13.9. The maximum absolute atomic E-state index is 13.9. The predicted molar refractivity (Wildman–Crippen MR) is 116 cm³/mol. The fraction of sp³-hybridized carbons (Fsp3) is 0.462. The molecule has 2 aromatic carbocycles. The van der Waals surface area contributed by atoms with Gasteiger partial charge >= 0.3 is 5.97 Å². The van der Waals surface area contributed by atoms with Crippen molar-refractivity contribution in [2.75, 3.05) is 0 Å². The number of nitrogens with zero attached hydrogens (tertiary/aromatic N) is 1. The van der Waals surface area contributed by atoms with Crippen LogP contribution in [0.3, 0.4) is 0 Å². The van der Waals surface area contributed by atoms with Crippen LogP contribution in [0.1, 0.15) is 92.1 Å². The Morgan fingerprint density at radius 2 is 1.80 bits per heavy atom. The van der Waals surface area contributed by atoms with Crippen LogP contribution in [-0.4, -0.2) is 5.97 Å². The molecule has 0 bridgehead atoms. The quantitative estimate of drug-likeness (QED) is 0.265. The summed E-state index contributed by atoms with van der Waals surface area (Å²) in [6, 6.07) is 13.2. The van der Waals surface area contributed by atoms with E-state index in [2.05, 4.69) is 6.92 Å². The molecule has 0 amide bonds. The van der Waals surface area contributed by atoms with Gasteiger partial charge < -0.3 is 4.74 Å². The van der Waals surface area contributed by atoms with Crippen LogP contribution in [0.2, 0.25) is 0 Å². The molecule has 158 valence electrons. The zero-order chi connectivity index (χ0) is 21.3. The molecule has 1 aliphatic rings. The number of benzene rings is 2. The summed E-state index contributed by atoms with van der Waals surface area (Å²) in [4.78, 5) is 12.3. The van der Waals surface area contributed by atoms with E-state index in [9.17, 15) is 9.18 Å². The van der Waals surface area contributed by atoms with E-state index in [-0.39, 0.29) is 11.3 Å². The van der Waals surface area contributed by atoms with Crippen molar-refractivity contribution in [1.29, 1.82) is 5.26 Å². The van der Waals surface area contributed by atoms with Crippen LogP contribution < -0.4 is 4.74 Å². The van der Waals surface area contributed by atoms with Gasteiger partial charge in [0.05, 0.1) is 17.2 Å². The molecule has 2 aromatic rings. The molecular weight excluding hydrogens is 377 g/mol. The third-order valence-corrected chi connectivity index (χ3v) is 6.19. The van der Waals surface area contributed by atoms with E-state index in [1.165, 1.54) is 75.5 Å². The molecule has 3 rings (SSSR count). The number of hydrogen-bond donors (Lipinski definition) is 0. The van der Waals surface area contributed by atoms with Gasteiger partial charge in [-0.05, 0) is 73.4 Å². The first kappa shape index (κ1) is 22.0. The van der Waals surface area contributed by atoms with Crippen molar-refractivity contribution in [1.82, 2.24) is 0 Å². The molecule has 1 fully saturated rings. The molecule has 4 heteroatoms. The molecular formula is C26H30FNO2. The molecule has 0 atom stereocenters. The van der Waals surface area contributed by atoms with Crippen LogP contribution in [0.4, 0.5) is 4.39 Å². The molecule has 0 spiro atoms. The van der Waals surface area contributed by atoms with Gasteiger partial charge in [0.2, 0.25) is 0 Å². The average molecular weight is 408 g/mol. The van der Waals surface area contributed by atoms with Crippen LogP contribution in [0, 0.1) is 23.1 Å². The van der Waals surface area contributed by atoms with Gasteiger partial charge in [-0.2, -0.15) is 5.26 Å². The van der Waals surface area contributed by atoms with Gasteiger partial charge in [-0.25, -0.2) is 9.18 Å². The van der Waals surface area contributed by atoms with Crippen LogP contribution >= 0.6 is 0 Å². The molecule has 0 unspecified atom stereocenters. The number of halogens is 1. The lowest BCUT2D eigenvalue weighted by Gasteiger charge is -2.29. The van der Waals surface area contributed by atoms with Gasteiger partial charge in [-0.1, -0.05) is 51.2 Å². The van der Waals surface area contributed by atoms with Gasteiger partial charge in [-0.3, -0.25) is 0 Å². The highest BCUT2D eigenvalue weighted by Gasteiger charge is 2.22. The van der Waals surface area contributed by atoms with Crippen molar-refractivity contribution in [3.8, 4) is 11.8 Å². The summed E-state index contributed by atoms with van der Waals surface area (Å²) >= 11 is 0. The van der Waals surface area contributed by atoms with E-state index in [1.54, 1.807) is 12.1 Å². The van der Waals surface area contributed by atoms with Crippen LogP contribution in [0.15, 0.2) is 42.5 Å². The molecule has 0 heterocycles. The molecule has 0 aliphatic heterocycles. The lowest BCUT2D eigenvalue weighted by atomic mass is 9.77. The summed E-state index contributed by atoms with van der Waals surface area (Å²) < 4.78 is 19.1. The maximum Gasteiger partial charge on any atom is 0.343 e. The Hall–Kier alpha value is -2.67. The largest absolute Gasteiger partial charge is 0.420 e. The highest BCUT2D eigenvalue weighted by atomic mass is 19.1. The third-order valence-electron chi connectivity index (χ3n) is 6.19. The van der Waals surface area contributed by atoms with Crippen LogP contribution in [0.25, 0.3) is 0 Å². The number of nitriles is 1. The van der Waals surface area contributed by atoms with Crippen molar-refractivity contribution in [3.63, 3.8) is 0 Å². The van der Waals surface area contributed by atoms with Crippen LogP contribution in [-0.2, 0) is 0 Å². The zero-order valence-corrected chi connectivity index (χ0v) is 17.7. The smallest absolute Gasteiger partial charge is 0.343 e. The van der Waals surface area contributed by atoms with E-state index < -0.39 is 11.8 Å². The number of ether oxygens (including phenoxy) is 1. The molecule has 0 radical (unpaired) electrons. The van der Waals surface area contributed by atoms with Gasteiger partial charge in [0, 0.05) is 0 Å². The Bertz CT molecular complexity index is 877. The minimum atomic E-state index is -0.717. The summed E-state index contributed by atoms with van der Waals surface area (Å²) in [5.41, 5.74) is 1.85.